The third kappa shape index (κ3) is 10.2. The minimum absolute atomic E-state index is 0.0528. The van der Waals surface area contributed by atoms with Crippen LogP contribution in [0.4, 0.5) is 0 Å². The van der Waals surface area contributed by atoms with Gasteiger partial charge in [0.05, 0.1) is 18.8 Å². The van der Waals surface area contributed by atoms with Gasteiger partial charge in [0, 0.05) is 17.5 Å². The normalized spacial score (nSPS) is 10.7. The summed E-state index contributed by atoms with van der Waals surface area (Å²) in [6.07, 6.45) is 10.7. The molecule has 0 saturated heterocycles. The van der Waals surface area contributed by atoms with E-state index in [1.54, 1.807) is 43.3 Å². The van der Waals surface area contributed by atoms with E-state index in [9.17, 15) is 14.4 Å². The number of benzene rings is 2. The van der Waals surface area contributed by atoms with E-state index in [0.717, 1.165) is 18.4 Å². The molecule has 1 N–H and O–H groups in total. The van der Waals surface area contributed by atoms with Gasteiger partial charge >= 0.3 is 11.9 Å². The van der Waals surface area contributed by atoms with Crippen LogP contribution in [0.15, 0.2) is 42.5 Å². The van der Waals surface area contributed by atoms with Crippen molar-refractivity contribution in [2.24, 2.45) is 0 Å². The molecule has 0 atom stereocenters. The maximum atomic E-state index is 13.2. The van der Waals surface area contributed by atoms with Crippen LogP contribution in [0, 0.1) is 0 Å². The molecule has 0 aliphatic heterocycles. The lowest BCUT2D eigenvalue weighted by Gasteiger charge is -2.13. The second kappa shape index (κ2) is 16.5. The third-order valence-corrected chi connectivity index (χ3v) is 6.05. The number of carbonyl (C=O) groups is 3. The van der Waals surface area contributed by atoms with Crippen LogP contribution < -0.4 is 4.74 Å². The number of ether oxygens (including phenoxy) is 2. The molecule has 0 unspecified atom stereocenters. The molecule has 0 amide bonds. The molecule has 196 valence electrons. The lowest BCUT2D eigenvalue weighted by molar-refractivity contribution is -0.137. The van der Waals surface area contributed by atoms with E-state index in [2.05, 4.69) is 6.92 Å². The zero-order valence-corrected chi connectivity index (χ0v) is 21.7. The van der Waals surface area contributed by atoms with Gasteiger partial charge in [0.1, 0.15) is 5.75 Å². The zero-order valence-electron chi connectivity index (χ0n) is 21.7. The summed E-state index contributed by atoms with van der Waals surface area (Å²) in [5.74, 6) is -0.832. The van der Waals surface area contributed by atoms with Crippen molar-refractivity contribution in [3.8, 4) is 5.75 Å². The van der Waals surface area contributed by atoms with Gasteiger partial charge < -0.3 is 14.6 Å². The van der Waals surface area contributed by atoms with Crippen molar-refractivity contribution >= 4 is 17.7 Å². The van der Waals surface area contributed by atoms with E-state index in [1.807, 2.05) is 0 Å². The smallest absolute Gasteiger partial charge is 0.338 e. The summed E-state index contributed by atoms with van der Waals surface area (Å²) >= 11 is 0. The molecule has 2 aromatic rings. The summed E-state index contributed by atoms with van der Waals surface area (Å²) in [4.78, 5) is 36.2. The lowest BCUT2D eigenvalue weighted by Crippen LogP contribution is -2.08. The van der Waals surface area contributed by atoms with Crippen LogP contribution in [0.5, 0.6) is 5.75 Å². The second-order valence-electron chi connectivity index (χ2n) is 9.02. The van der Waals surface area contributed by atoms with Crippen LogP contribution in [0.3, 0.4) is 0 Å². The van der Waals surface area contributed by atoms with Crippen molar-refractivity contribution in [1.82, 2.24) is 0 Å². The lowest BCUT2D eigenvalue weighted by atomic mass is 9.97. The minimum Gasteiger partial charge on any atom is -0.493 e. The molecule has 0 heterocycles. The Morgan fingerprint density at radius 3 is 2.14 bits per heavy atom. The summed E-state index contributed by atoms with van der Waals surface area (Å²) in [6, 6.07) is 11.8. The van der Waals surface area contributed by atoms with Crippen molar-refractivity contribution < 1.29 is 29.0 Å². The number of carboxylic acids is 1. The predicted octanol–water partition coefficient (Wildman–Crippen LogP) is 7.02. The van der Waals surface area contributed by atoms with Crippen molar-refractivity contribution in [3.05, 3.63) is 64.7 Å². The van der Waals surface area contributed by atoms with Crippen molar-refractivity contribution in [2.45, 2.75) is 84.5 Å². The Balaban J connectivity index is 2.04. The summed E-state index contributed by atoms with van der Waals surface area (Å²) in [7, 11) is 0. The molecule has 6 nitrogen and oxygen atoms in total. The van der Waals surface area contributed by atoms with Crippen LogP contribution in [-0.4, -0.2) is 36.0 Å². The van der Waals surface area contributed by atoms with E-state index < -0.39 is 11.9 Å². The molecule has 0 aromatic heterocycles. The summed E-state index contributed by atoms with van der Waals surface area (Å²) in [6.45, 7) is 4.81. The first-order valence-corrected chi connectivity index (χ1v) is 13.3. The monoisotopic (exact) mass is 496 g/mol. The number of esters is 1. The molecular weight excluding hydrogens is 456 g/mol. The average molecular weight is 497 g/mol. The first kappa shape index (κ1) is 29.1. The van der Waals surface area contributed by atoms with E-state index in [-0.39, 0.29) is 18.8 Å². The van der Waals surface area contributed by atoms with Crippen LogP contribution in [-0.2, 0) is 16.0 Å². The standard InChI is InChI=1S/C30H40O6/c1-3-5-6-7-8-9-10-11-20-36-27-19-18-25(21-23(27)14-13-17-28(31)32)29(33)24-15-12-16-26(22-24)30(34)35-4-2/h12,15-16,18-19,21-22H,3-11,13-14,17,20H2,1-2H3,(H,31,32). The number of carboxylic acid groups (broad SMARTS) is 1. The van der Waals surface area contributed by atoms with Gasteiger partial charge in [-0.25, -0.2) is 4.79 Å². The third-order valence-electron chi connectivity index (χ3n) is 6.05. The van der Waals surface area contributed by atoms with Gasteiger partial charge in [0.25, 0.3) is 0 Å². The molecule has 0 radical (unpaired) electrons. The van der Waals surface area contributed by atoms with Gasteiger partial charge in [0.2, 0.25) is 0 Å². The van der Waals surface area contributed by atoms with Gasteiger partial charge in [-0.3, -0.25) is 9.59 Å². The van der Waals surface area contributed by atoms with E-state index in [0.29, 0.717) is 41.9 Å². The summed E-state index contributed by atoms with van der Waals surface area (Å²) < 4.78 is 11.1. The maximum Gasteiger partial charge on any atom is 0.338 e. The van der Waals surface area contributed by atoms with E-state index >= 15 is 0 Å². The first-order chi connectivity index (χ1) is 17.5. The van der Waals surface area contributed by atoms with Crippen LogP contribution in [0.25, 0.3) is 0 Å². The molecule has 0 fully saturated rings. The van der Waals surface area contributed by atoms with Gasteiger partial charge in [-0.05, 0) is 62.1 Å². The van der Waals surface area contributed by atoms with Crippen molar-refractivity contribution in [1.29, 1.82) is 0 Å². The zero-order chi connectivity index (χ0) is 26.2. The van der Waals surface area contributed by atoms with Crippen LogP contribution in [0.1, 0.15) is 110 Å². The quantitative estimate of drug-likeness (QED) is 0.135. The van der Waals surface area contributed by atoms with Crippen molar-refractivity contribution in [2.75, 3.05) is 13.2 Å². The molecule has 0 bridgehead atoms. The molecule has 2 aromatic carbocycles. The minimum atomic E-state index is -0.848. The maximum absolute atomic E-state index is 13.2. The Morgan fingerprint density at radius 2 is 1.44 bits per heavy atom. The van der Waals surface area contributed by atoms with Gasteiger partial charge in [0.15, 0.2) is 5.78 Å². The fourth-order valence-corrected chi connectivity index (χ4v) is 4.07. The molecule has 0 aliphatic rings. The Labute approximate surface area is 215 Å². The number of unbranched alkanes of at least 4 members (excludes halogenated alkanes) is 7. The fraction of sp³-hybridized carbons (Fsp3) is 0.500. The number of ketones is 1. The Morgan fingerprint density at radius 1 is 0.778 bits per heavy atom. The largest absolute Gasteiger partial charge is 0.493 e. The topological polar surface area (TPSA) is 89.9 Å². The molecular formula is C30H40O6. The Hall–Kier alpha value is -3.15. The number of carbonyl (C=O) groups excluding carboxylic acids is 2. The second-order valence-corrected chi connectivity index (χ2v) is 9.02. The van der Waals surface area contributed by atoms with E-state index in [1.165, 1.54) is 44.6 Å². The average Bonchev–Trinajstić information content (AvgIpc) is 2.88. The van der Waals surface area contributed by atoms with Gasteiger partial charge in [-0.15, -0.1) is 0 Å². The van der Waals surface area contributed by atoms with Crippen LogP contribution in [0.2, 0.25) is 0 Å². The van der Waals surface area contributed by atoms with E-state index in [4.69, 9.17) is 14.6 Å². The van der Waals surface area contributed by atoms with Crippen molar-refractivity contribution in [3.63, 3.8) is 0 Å². The highest BCUT2D eigenvalue weighted by atomic mass is 16.5. The number of rotatable bonds is 18. The number of hydrogen-bond donors (Lipinski definition) is 1. The van der Waals surface area contributed by atoms with Gasteiger partial charge in [-0.2, -0.15) is 0 Å². The summed E-state index contributed by atoms with van der Waals surface area (Å²) in [5, 5.41) is 9.03. The Bertz CT molecular complexity index is 981. The van der Waals surface area contributed by atoms with Crippen LogP contribution >= 0.6 is 0 Å². The number of aliphatic carboxylic acids is 1. The SMILES string of the molecule is CCCCCCCCCCOc1ccc(C(=O)c2cccc(C(=O)OCC)c2)cc1CCCC(=O)O. The molecule has 6 heteroatoms. The molecule has 36 heavy (non-hydrogen) atoms. The number of hydrogen-bond acceptors (Lipinski definition) is 5. The summed E-state index contributed by atoms with van der Waals surface area (Å²) in [5.41, 5.74) is 2.02. The molecule has 0 saturated carbocycles. The molecule has 0 aliphatic carbocycles. The van der Waals surface area contributed by atoms with Gasteiger partial charge in [-0.1, -0.05) is 64.0 Å². The fourth-order valence-electron chi connectivity index (χ4n) is 4.07. The Kier molecular flexibility index (Phi) is 13.3. The highest BCUT2D eigenvalue weighted by molar-refractivity contribution is 6.10. The predicted molar refractivity (Wildman–Crippen MR) is 141 cm³/mol. The highest BCUT2D eigenvalue weighted by Crippen LogP contribution is 2.25. The first-order valence-electron chi connectivity index (χ1n) is 13.3. The molecule has 0 spiro atoms. The molecule has 2 rings (SSSR count). The highest BCUT2D eigenvalue weighted by Gasteiger charge is 2.15. The number of aryl methyl sites for hydroxylation is 1.